The molecule has 0 spiro atoms. The molecule has 1 aromatic heterocycles. The van der Waals surface area contributed by atoms with E-state index in [0.717, 1.165) is 76.0 Å². The van der Waals surface area contributed by atoms with Crippen molar-refractivity contribution in [2.24, 2.45) is 10.9 Å². The van der Waals surface area contributed by atoms with Crippen molar-refractivity contribution in [3.8, 4) is 0 Å². The average Bonchev–Trinajstić information content (AvgIpc) is 3.33. The molecule has 2 aliphatic heterocycles. The van der Waals surface area contributed by atoms with Gasteiger partial charge in [0.05, 0.1) is 0 Å². The Hall–Kier alpha value is -2.32. The number of hydrogen-bond donors (Lipinski definition) is 1. The largest absolute Gasteiger partial charge is 0.444 e. The lowest BCUT2D eigenvalue weighted by atomic mass is 9.96. The van der Waals surface area contributed by atoms with Crippen LogP contribution in [0.3, 0.4) is 0 Å². The number of hydrogen-bond acceptors (Lipinski definition) is 5. The molecule has 1 fully saturated rings. The Morgan fingerprint density at radius 3 is 2.61 bits per heavy atom. The zero-order chi connectivity index (χ0) is 22.4. The first-order valence-corrected chi connectivity index (χ1v) is 11.7. The van der Waals surface area contributed by atoms with Crippen LogP contribution in [0.15, 0.2) is 4.99 Å². The van der Waals surface area contributed by atoms with E-state index in [-0.39, 0.29) is 6.09 Å². The minimum absolute atomic E-state index is 0.215. The van der Waals surface area contributed by atoms with Gasteiger partial charge in [-0.25, -0.2) is 9.79 Å². The molecule has 0 aliphatic carbocycles. The fourth-order valence-corrected chi connectivity index (χ4v) is 4.20. The predicted molar refractivity (Wildman–Crippen MR) is 121 cm³/mol. The van der Waals surface area contributed by atoms with E-state index in [1.165, 1.54) is 0 Å². The van der Waals surface area contributed by atoms with E-state index in [2.05, 4.69) is 31.9 Å². The number of fused-ring (bicyclic) bond motifs is 1. The zero-order valence-corrected chi connectivity index (χ0v) is 19.9. The minimum atomic E-state index is -0.463. The van der Waals surface area contributed by atoms with Crippen LogP contribution in [-0.2, 0) is 24.2 Å². The van der Waals surface area contributed by atoms with Gasteiger partial charge in [-0.15, -0.1) is 10.2 Å². The molecule has 3 heterocycles. The van der Waals surface area contributed by atoms with Crippen LogP contribution < -0.4 is 5.32 Å². The van der Waals surface area contributed by atoms with E-state index in [4.69, 9.17) is 9.73 Å². The van der Waals surface area contributed by atoms with E-state index < -0.39 is 5.60 Å². The van der Waals surface area contributed by atoms with Crippen molar-refractivity contribution < 1.29 is 9.53 Å². The maximum Gasteiger partial charge on any atom is 0.410 e. The number of piperidine rings is 1. The number of aryl methyl sites for hydroxylation is 1. The predicted octanol–water partition coefficient (Wildman–Crippen LogP) is 2.66. The van der Waals surface area contributed by atoms with Crippen molar-refractivity contribution in [2.75, 3.05) is 32.7 Å². The number of nitrogens with one attached hydrogen (secondary N) is 1. The van der Waals surface area contributed by atoms with Crippen LogP contribution in [0.25, 0.3) is 0 Å². The summed E-state index contributed by atoms with van der Waals surface area (Å²) in [7, 11) is 0. The molecule has 2 aliphatic rings. The van der Waals surface area contributed by atoms with Crippen molar-refractivity contribution in [3.63, 3.8) is 0 Å². The van der Waals surface area contributed by atoms with E-state index in [9.17, 15) is 4.79 Å². The SMILES string of the molecule is CCNC(=NCc1nnc2n1CCC2)N1CCC(CN(CC)C(=O)OC(C)(C)C)CC1. The third kappa shape index (κ3) is 6.33. The van der Waals surface area contributed by atoms with Crippen LogP contribution >= 0.6 is 0 Å². The van der Waals surface area contributed by atoms with Crippen molar-refractivity contribution in [2.45, 2.75) is 79.0 Å². The van der Waals surface area contributed by atoms with Crippen LogP contribution in [0, 0.1) is 5.92 Å². The van der Waals surface area contributed by atoms with Gasteiger partial charge in [-0.1, -0.05) is 0 Å². The van der Waals surface area contributed by atoms with Crippen LogP contribution in [0.2, 0.25) is 0 Å². The first kappa shape index (κ1) is 23.3. The van der Waals surface area contributed by atoms with Crippen LogP contribution in [-0.4, -0.2) is 74.9 Å². The lowest BCUT2D eigenvalue weighted by Gasteiger charge is -2.36. The summed E-state index contributed by atoms with van der Waals surface area (Å²) >= 11 is 0. The number of rotatable bonds is 6. The number of aliphatic imine (C=N–C) groups is 1. The summed E-state index contributed by atoms with van der Waals surface area (Å²) in [6.45, 7) is 15.5. The molecule has 0 aromatic carbocycles. The first-order valence-electron chi connectivity index (χ1n) is 11.7. The molecule has 9 heteroatoms. The van der Waals surface area contributed by atoms with Gasteiger partial charge in [0.2, 0.25) is 0 Å². The fourth-order valence-electron chi connectivity index (χ4n) is 4.20. The van der Waals surface area contributed by atoms with Crippen molar-refractivity contribution in [1.29, 1.82) is 0 Å². The van der Waals surface area contributed by atoms with Gasteiger partial charge in [0.1, 0.15) is 18.0 Å². The highest BCUT2D eigenvalue weighted by atomic mass is 16.6. The average molecular weight is 434 g/mol. The fraction of sp³-hybridized carbons (Fsp3) is 0.818. The lowest BCUT2D eigenvalue weighted by Crippen LogP contribution is -2.47. The van der Waals surface area contributed by atoms with Gasteiger partial charge in [-0.05, 0) is 59.8 Å². The summed E-state index contributed by atoms with van der Waals surface area (Å²) < 4.78 is 7.76. The number of nitrogens with zero attached hydrogens (tertiary/aromatic N) is 6. The maximum atomic E-state index is 12.5. The Balaban J connectivity index is 1.54. The van der Waals surface area contributed by atoms with E-state index in [1.807, 2.05) is 32.6 Å². The summed E-state index contributed by atoms with van der Waals surface area (Å²) in [5.41, 5.74) is -0.463. The van der Waals surface area contributed by atoms with Crippen LogP contribution in [0.5, 0.6) is 0 Å². The van der Waals surface area contributed by atoms with Crippen molar-refractivity contribution >= 4 is 12.1 Å². The topological polar surface area (TPSA) is 87.9 Å². The van der Waals surface area contributed by atoms with Crippen LogP contribution in [0.1, 0.15) is 65.5 Å². The highest BCUT2D eigenvalue weighted by Gasteiger charge is 2.27. The summed E-state index contributed by atoms with van der Waals surface area (Å²) in [5, 5.41) is 12.0. The molecule has 1 aromatic rings. The van der Waals surface area contributed by atoms with E-state index in [1.54, 1.807) is 0 Å². The maximum absolute atomic E-state index is 12.5. The molecule has 1 N–H and O–H groups in total. The molecule has 0 unspecified atom stereocenters. The molecule has 3 rings (SSSR count). The normalized spacial score (nSPS) is 17.6. The molecule has 0 saturated carbocycles. The van der Waals surface area contributed by atoms with Gasteiger partial charge >= 0.3 is 6.09 Å². The second-order valence-electron chi connectivity index (χ2n) is 9.41. The second-order valence-corrected chi connectivity index (χ2v) is 9.41. The molecule has 0 radical (unpaired) electrons. The van der Waals surface area contributed by atoms with E-state index in [0.29, 0.717) is 19.0 Å². The molecule has 9 nitrogen and oxygen atoms in total. The van der Waals surface area contributed by atoms with Gasteiger partial charge < -0.3 is 24.4 Å². The Labute approximate surface area is 186 Å². The number of carbonyl (C=O) groups excluding carboxylic acids is 1. The highest BCUT2D eigenvalue weighted by Crippen LogP contribution is 2.20. The number of ether oxygens (including phenoxy) is 1. The molecule has 0 bridgehead atoms. The van der Waals surface area contributed by atoms with Gasteiger partial charge in [-0.2, -0.15) is 0 Å². The van der Waals surface area contributed by atoms with Gasteiger partial charge in [0, 0.05) is 45.7 Å². The summed E-state index contributed by atoms with van der Waals surface area (Å²) in [5.74, 6) is 3.46. The van der Waals surface area contributed by atoms with E-state index >= 15 is 0 Å². The molecule has 174 valence electrons. The van der Waals surface area contributed by atoms with Crippen LogP contribution in [0.4, 0.5) is 4.79 Å². The highest BCUT2D eigenvalue weighted by molar-refractivity contribution is 5.80. The molecule has 1 saturated heterocycles. The first-order chi connectivity index (χ1) is 14.8. The molecular weight excluding hydrogens is 394 g/mol. The molecule has 1 amide bonds. The summed E-state index contributed by atoms with van der Waals surface area (Å²) in [6.07, 6.45) is 4.01. The van der Waals surface area contributed by atoms with Gasteiger partial charge in [0.15, 0.2) is 11.8 Å². The molecular formula is C22H39N7O2. The Morgan fingerprint density at radius 1 is 1.23 bits per heavy atom. The Bertz CT molecular complexity index is 760. The zero-order valence-electron chi connectivity index (χ0n) is 19.9. The third-order valence-electron chi connectivity index (χ3n) is 5.82. The third-order valence-corrected chi connectivity index (χ3v) is 5.82. The summed E-state index contributed by atoms with van der Waals surface area (Å²) in [6, 6.07) is 0. The van der Waals surface area contributed by atoms with Crippen molar-refractivity contribution in [1.82, 2.24) is 29.9 Å². The molecule has 0 atom stereocenters. The number of guanidine groups is 1. The summed E-state index contributed by atoms with van der Waals surface area (Å²) in [4.78, 5) is 21.5. The Kier molecular flexibility index (Phi) is 7.78. The molecule has 31 heavy (non-hydrogen) atoms. The lowest BCUT2D eigenvalue weighted by molar-refractivity contribution is 0.0214. The second kappa shape index (κ2) is 10.3. The Morgan fingerprint density at radius 2 is 1.97 bits per heavy atom. The van der Waals surface area contributed by atoms with Gasteiger partial charge in [-0.3, -0.25) is 0 Å². The number of carbonyl (C=O) groups is 1. The monoisotopic (exact) mass is 433 g/mol. The number of amides is 1. The standard InChI is InChI=1S/C22H39N7O2/c1-6-23-20(24-15-19-26-25-18-9-8-12-29(18)19)28-13-10-17(11-14-28)16-27(7-2)21(30)31-22(3,4)5/h17H,6-16H2,1-5H3,(H,23,24). The smallest absolute Gasteiger partial charge is 0.410 e. The number of likely N-dealkylation sites (tertiary alicyclic amines) is 1. The van der Waals surface area contributed by atoms with Gasteiger partial charge in [0.25, 0.3) is 0 Å². The minimum Gasteiger partial charge on any atom is -0.444 e. The quantitative estimate of drug-likeness (QED) is 0.548. The van der Waals surface area contributed by atoms with Crippen molar-refractivity contribution in [3.05, 3.63) is 11.6 Å². The number of aromatic nitrogens is 3.